The van der Waals surface area contributed by atoms with E-state index in [1.807, 2.05) is 23.9 Å². The Morgan fingerprint density at radius 3 is 2.82 bits per heavy atom. The van der Waals surface area contributed by atoms with Crippen LogP contribution in [0.1, 0.15) is 6.42 Å². The van der Waals surface area contributed by atoms with E-state index >= 15 is 0 Å². The lowest BCUT2D eigenvalue weighted by atomic mass is 10.1. The van der Waals surface area contributed by atoms with Crippen LogP contribution in [0.15, 0.2) is 0 Å². The molecule has 0 unspecified atom stereocenters. The summed E-state index contributed by atoms with van der Waals surface area (Å²) in [5.41, 5.74) is 0. The maximum Gasteiger partial charge on any atom is 0.236 e. The van der Waals surface area contributed by atoms with Gasteiger partial charge in [0.25, 0.3) is 0 Å². The largest absolute Gasteiger partial charge is 0.383 e. The molecule has 1 aliphatic heterocycles. The molecule has 1 aliphatic rings. The zero-order chi connectivity index (χ0) is 12.7. The highest BCUT2D eigenvalue weighted by molar-refractivity contribution is 5.77. The van der Waals surface area contributed by atoms with Crippen LogP contribution in [0.2, 0.25) is 0 Å². The van der Waals surface area contributed by atoms with Crippen molar-refractivity contribution in [1.82, 2.24) is 9.80 Å². The number of hydrogen-bond donors (Lipinski definition) is 0. The predicted octanol–water partition coefficient (Wildman–Crippen LogP) is 0.0595. The Kier molecular flexibility index (Phi) is 6.47. The molecule has 0 N–H and O–H groups in total. The fourth-order valence-corrected chi connectivity index (χ4v) is 1.89. The van der Waals surface area contributed by atoms with Crippen LogP contribution >= 0.6 is 0 Å². The number of nitrogens with zero attached hydrogens (tertiary/aromatic N) is 2. The first-order valence-electron chi connectivity index (χ1n) is 6.12. The Morgan fingerprint density at radius 1 is 1.47 bits per heavy atom. The highest BCUT2D eigenvalue weighted by Gasteiger charge is 2.20. The Balaban J connectivity index is 2.20. The van der Waals surface area contributed by atoms with Gasteiger partial charge < -0.3 is 14.4 Å². The van der Waals surface area contributed by atoms with Crippen LogP contribution in [0, 0.1) is 5.92 Å². The zero-order valence-corrected chi connectivity index (χ0v) is 11.1. The van der Waals surface area contributed by atoms with Gasteiger partial charge in [-0.1, -0.05) is 0 Å². The maximum absolute atomic E-state index is 11.9. The molecule has 0 radical (unpaired) electrons. The first kappa shape index (κ1) is 14.4. The number of amides is 1. The predicted molar refractivity (Wildman–Crippen MR) is 65.9 cm³/mol. The van der Waals surface area contributed by atoms with E-state index in [0.29, 0.717) is 19.1 Å². The molecule has 1 rings (SSSR count). The summed E-state index contributed by atoms with van der Waals surface area (Å²) in [6.07, 6.45) is 1.07. The van der Waals surface area contributed by atoms with Crippen LogP contribution in [-0.2, 0) is 14.3 Å². The molecule has 0 aliphatic carbocycles. The second kappa shape index (κ2) is 7.63. The third-order valence-corrected chi connectivity index (χ3v) is 3.06. The lowest BCUT2D eigenvalue weighted by Crippen LogP contribution is -2.40. The molecule has 0 aromatic carbocycles. The van der Waals surface area contributed by atoms with Gasteiger partial charge in [-0.3, -0.25) is 9.69 Å². The van der Waals surface area contributed by atoms with Crippen LogP contribution < -0.4 is 0 Å². The topological polar surface area (TPSA) is 42.0 Å². The van der Waals surface area contributed by atoms with Crippen LogP contribution in [0.3, 0.4) is 0 Å². The Hall–Kier alpha value is -0.650. The van der Waals surface area contributed by atoms with Crippen molar-refractivity contribution in [2.45, 2.75) is 6.42 Å². The average molecular weight is 244 g/mol. The van der Waals surface area contributed by atoms with Gasteiger partial charge in [0.2, 0.25) is 5.91 Å². The fourth-order valence-electron chi connectivity index (χ4n) is 1.89. The Morgan fingerprint density at radius 2 is 2.24 bits per heavy atom. The van der Waals surface area contributed by atoms with E-state index in [4.69, 9.17) is 9.47 Å². The summed E-state index contributed by atoms with van der Waals surface area (Å²) < 4.78 is 10.3. The number of ether oxygens (including phenoxy) is 2. The summed E-state index contributed by atoms with van der Waals surface area (Å²) in [7, 11) is 5.47. The van der Waals surface area contributed by atoms with E-state index < -0.39 is 0 Å². The molecule has 0 bridgehead atoms. The van der Waals surface area contributed by atoms with E-state index in [1.54, 1.807) is 7.11 Å². The molecule has 5 heteroatoms. The van der Waals surface area contributed by atoms with Gasteiger partial charge in [0, 0.05) is 39.8 Å². The molecule has 1 saturated heterocycles. The van der Waals surface area contributed by atoms with Crippen molar-refractivity contribution in [3.63, 3.8) is 0 Å². The zero-order valence-electron chi connectivity index (χ0n) is 11.1. The summed E-state index contributed by atoms with van der Waals surface area (Å²) in [6.45, 7) is 4.31. The molecular weight excluding hydrogens is 220 g/mol. The van der Waals surface area contributed by atoms with Gasteiger partial charge in [0.05, 0.1) is 19.8 Å². The molecular formula is C12H24N2O3. The molecule has 0 aromatic rings. The number of methoxy groups -OCH3 is 1. The molecule has 100 valence electrons. The first-order valence-corrected chi connectivity index (χ1v) is 6.12. The Labute approximate surface area is 104 Å². The summed E-state index contributed by atoms with van der Waals surface area (Å²) >= 11 is 0. The standard InChI is InChI=1S/C12H24N2O3/c1-13(5-7-16-3)9-12(15)14(2)8-11-4-6-17-10-11/h11H,4-10H2,1-3H3/t11-/m0/s1. The molecule has 1 heterocycles. The van der Waals surface area contributed by atoms with Crippen molar-refractivity contribution < 1.29 is 14.3 Å². The normalized spacial score (nSPS) is 19.9. The summed E-state index contributed by atoms with van der Waals surface area (Å²) in [5, 5.41) is 0. The quantitative estimate of drug-likeness (QED) is 0.635. The summed E-state index contributed by atoms with van der Waals surface area (Å²) in [4.78, 5) is 15.7. The maximum atomic E-state index is 11.9. The van der Waals surface area contributed by atoms with Crippen molar-refractivity contribution in [3.05, 3.63) is 0 Å². The van der Waals surface area contributed by atoms with Gasteiger partial charge >= 0.3 is 0 Å². The van der Waals surface area contributed by atoms with Crippen molar-refractivity contribution in [2.75, 3.05) is 60.7 Å². The van der Waals surface area contributed by atoms with Gasteiger partial charge in [-0.15, -0.1) is 0 Å². The highest BCUT2D eigenvalue weighted by atomic mass is 16.5. The van der Waals surface area contributed by atoms with E-state index in [1.165, 1.54) is 0 Å². The second-order valence-corrected chi connectivity index (χ2v) is 4.73. The van der Waals surface area contributed by atoms with Gasteiger partial charge in [-0.25, -0.2) is 0 Å². The first-order chi connectivity index (χ1) is 8.13. The molecule has 0 aromatic heterocycles. The summed E-state index contributed by atoms with van der Waals surface area (Å²) in [5.74, 6) is 0.670. The smallest absolute Gasteiger partial charge is 0.236 e. The highest BCUT2D eigenvalue weighted by Crippen LogP contribution is 2.13. The van der Waals surface area contributed by atoms with Crippen LogP contribution in [0.5, 0.6) is 0 Å². The van der Waals surface area contributed by atoms with E-state index in [-0.39, 0.29) is 5.91 Å². The fraction of sp³-hybridized carbons (Fsp3) is 0.917. The molecule has 0 saturated carbocycles. The number of hydrogen-bond acceptors (Lipinski definition) is 4. The van der Waals surface area contributed by atoms with E-state index in [9.17, 15) is 4.79 Å². The average Bonchev–Trinajstić information content (AvgIpc) is 2.78. The van der Waals surface area contributed by atoms with Crippen molar-refractivity contribution in [1.29, 1.82) is 0 Å². The summed E-state index contributed by atoms with van der Waals surface area (Å²) in [6, 6.07) is 0. The molecule has 17 heavy (non-hydrogen) atoms. The molecule has 1 atom stereocenters. The monoisotopic (exact) mass is 244 g/mol. The lowest BCUT2D eigenvalue weighted by molar-refractivity contribution is -0.131. The molecule has 5 nitrogen and oxygen atoms in total. The third-order valence-electron chi connectivity index (χ3n) is 3.06. The molecule has 1 amide bonds. The van der Waals surface area contributed by atoms with Crippen LogP contribution in [0.4, 0.5) is 0 Å². The minimum atomic E-state index is 0.163. The second-order valence-electron chi connectivity index (χ2n) is 4.73. The number of carbonyl (C=O) groups is 1. The van der Waals surface area contributed by atoms with Crippen LogP contribution in [0.25, 0.3) is 0 Å². The molecule has 0 spiro atoms. The van der Waals surface area contributed by atoms with Crippen molar-refractivity contribution in [2.24, 2.45) is 5.92 Å². The van der Waals surface area contributed by atoms with E-state index in [2.05, 4.69) is 0 Å². The van der Waals surface area contributed by atoms with Crippen molar-refractivity contribution >= 4 is 5.91 Å². The Bertz CT molecular complexity index is 230. The molecule has 1 fully saturated rings. The van der Waals surface area contributed by atoms with Gasteiger partial charge in [0.1, 0.15) is 0 Å². The van der Waals surface area contributed by atoms with Gasteiger partial charge in [0.15, 0.2) is 0 Å². The SMILES string of the molecule is COCCN(C)CC(=O)N(C)C[C@@H]1CCOC1. The number of rotatable bonds is 7. The number of likely N-dealkylation sites (N-methyl/N-ethyl adjacent to an activating group) is 2. The third kappa shape index (κ3) is 5.48. The minimum Gasteiger partial charge on any atom is -0.383 e. The van der Waals surface area contributed by atoms with Crippen LogP contribution in [-0.4, -0.2) is 76.4 Å². The minimum absolute atomic E-state index is 0.163. The van der Waals surface area contributed by atoms with Gasteiger partial charge in [-0.05, 0) is 13.5 Å². The lowest BCUT2D eigenvalue weighted by Gasteiger charge is -2.23. The van der Waals surface area contributed by atoms with Gasteiger partial charge in [-0.2, -0.15) is 0 Å². The number of carbonyl (C=O) groups excluding carboxylic acids is 1. The van der Waals surface area contributed by atoms with E-state index in [0.717, 1.165) is 32.7 Å². The van der Waals surface area contributed by atoms with Crippen molar-refractivity contribution in [3.8, 4) is 0 Å².